The number of esters is 1. The van der Waals surface area contributed by atoms with Gasteiger partial charge in [0.2, 0.25) is 0 Å². The Hall–Kier alpha value is -3.97. The van der Waals surface area contributed by atoms with Crippen LogP contribution in [0.2, 0.25) is 0 Å². The number of halogens is 3. The SMILES string of the molecule is Cc1ccc(OCC(=O)OCCN(C)C)cc1-c1nsc2ccc(-n3c(=O)cc(C(F)(F)F)n(C)c3=O)cc12. The van der Waals surface area contributed by atoms with Crippen molar-refractivity contribution in [2.45, 2.75) is 13.1 Å². The summed E-state index contributed by atoms with van der Waals surface area (Å²) in [5, 5.41) is 0.592. The lowest BCUT2D eigenvalue weighted by molar-refractivity contribution is -0.146. The summed E-state index contributed by atoms with van der Waals surface area (Å²) in [6, 6.07) is 10.3. The van der Waals surface area contributed by atoms with Gasteiger partial charge in [-0.3, -0.25) is 9.36 Å². The Balaban J connectivity index is 1.68. The predicted octanol–water partition coefficient (Wildman–Crippen LogP) is 3.62. The van der Waals surface area contributed by atoms with Gasteiger partial charge in [0.15, 0.2) is 6.61 Å². The number of nitrogens with zero attached hydrogens (tertiary/aromatic N) is 4. The maximum atomic E-state index is 13.3. The molecule has 4 rings (SSSR count). The van der Waals surface area contributed by atoms with Crippen LogP contribution >= 0.6 is 11.5 Å². The number of carbonyl (C=O) groups excluding carboxylic acids is 1. The zero-order valence-electron chi connectivity index (χ0n) is 21.5. The van der Waals surface area contributed by atoms with E-state index in [9.17, 15) is 27.6 Å². The number of aromatic nitrogens is 3. The molecule has 206 valence electrons. The summed E-state index contributed by atoms with van der Waals surface area (Å²) < 4.78 is 56.9. The monoisotopic (exact) mass is 562 g/mol. The molecular formula is C26H25F3N4O5S. The fourth-order valence-corrected chi connectivity index (χ4v) is 4.64. The molecule has 39 heavy (non-hydrogen) atoms. The van der Waals surface area contributed by atoms with Gasteiger partial charge in [0.25, 0.3) is 5.56 Å². The second-order valence-electron chi connectivity index (χ2n) is 9.04. The van der Waals surface area contributed by atoms with Crippen LogP contribution in [0, 0.1) is 6.92 Å². The first-order valence-electron chi connectivity index (χ1n) is 11.7. The van der Waals surface area contributed by atoms with Crippen molar-refractivity contribution in [3.05, 3.63) is 74.6 Å². The van der Waals surface area contributed by atoms with E-state index in [1.807, 2.05) is 25.9 Å². The maximum Gasteiger partial charge on any atom is 0.431 e. The van der Waals surface area contributed by atoms with Crippen molar-refractivity contribution < 1.29 is 27.4 Å². The second-order valence-corrected chi connectivity index (χ2v) is 9.85. The molecule has 0 bridgehead atoms. The first-order valence-corrected chi connectivity index (χ1v) is 12.5. The smallest absolute Gasteiger partial charge is 0.431 e. The third kappa shape index (κ3) is 6.04. The Morgan fingerprint density at radius 2 is 1.85 bits per heavy atom. The number of alkyl halides is 3. The van der Waals surface area contributed by atoms with E-state index in [1.165, 1.54) is 17.6 Å². The molecule has 0 unspecified atom stereocenters. The summed E-state index contributed by atoms with van der Waals surface area (Å²) in [5.74, 6) is -0.100. The molecule has 0 aliphatic carbocycles. The van der Waals surface area contributed by atoms with Crippen LogP contribution in [0.1, 0.15) is 11.3 Å². The molecule has 4 aromatic rings. The molecule has 0 saturated carbocycles. The van der Waals surface area contributed by atoms with Crippen molar-refractivity contribution in [1.29, 1.82) is 0 Å². The largest absolute Gasteiger partial charge is 0.482 e. The molecule has 0 amide bonds. The summed E-state index contributed by atoms with van der Waals surface area (Å²) in [7, 11) is 4.69. The van der Waals surface area contributed by atoms with Gasteiger partial charge in [0.1, 0.15) is 18.1 Å². The highest BCUT2D eigenvalue weighted by Gasteiger charge is 2.35. The molecule has 0 aliphatic rings. The van der Waals surface area contributed by atoms with Crippen molar-refractivity contribution in [3.63, 3.8) is 0 Å². The van der Waals surface area contributed by atoms with Gasteiger partial charge < -0.3 is 14.4 Å². The van der Waals surface area contributed by atoms with Gasteiger partial charge in [-0.2, -0.15) is 17.5 Å². The minimum absolute atomic E-state index is 0.105. The van der Waals surface area contributed by atoms with E-state index in [0.29, 0.717) is 44.1 Å². The van der Waals surface area contributed by atoms with Gasteiger partial charge in [0.05, 0.1) is 16.1 Å². The number of aryl methyl sites for hydroxylation is 1. The van der Waals surface area contributed by atoms with E-state index in [4.69, 9.17) is 9.47 Å². The first kappa shape index (κ1) is 28.0. The summed E-state index contributed by atoms with van der Waals surface area (Å²) >= 11 is 1.19. The Bertz CT molecular complexity index is 1660. The Labute approximate surface area is 224 Å². The average molecular weight is 563 g/mol. The Kier molecular flexibility index (Phi) is 7.93. The molecule has 0 fully saturated rings. The highest BCUT2D eigenvalue weighted by atomic mass is 32.1. The Morgan fingerprint density at radius 1 is 1.10 bits per heavy atom. The Morgan fingerprint density at radius 3 is 2.54 bits per heavy atom. The third-order valence-corrected chi connectivity index (χ3v) is 6.77. The quantitative estimate of drug-likeness (QED) is 0.303. The molecule has 9 nitrogen and oxygen atoms in total. The topological polar surface area (TPSA) is 95.7 Å². The summed E-state index contributed by atoms with van der Waals surface area (Å²) in [6.45, 7) is 2.41. The van der Waals surface area contributed by atoms with E-state index in [-0.39, 0.29) is 18.9 Å². The van der Waals surface area contributed by atoms with Crippen LogP contribution < -0.4 is 16.0 Å². The number of likely N-dealkylation sites (N-methyl/N-ethyl adjacent to an activating group) is 1. The molecule has 0 radical (unpaired) electrons. The van der Waals surface area contributed by atoms with E-state index >= 15 is 0 Å². The highest BCUT2D eigenvalue weighted by molar-refractivity contribution is 7.13. The van der Waals surface area contributed by atoms with Crippen LogP contribution in [0.4, 0.5) is 13.2 Å². The minimum Gasteiger partial charge on any atom is -0.482 e. The summed E-state index contributed by atoms with van der Waals surface area (Å²) in [5.41, 5.74) is -1.39. The van der Waals surface area contributed by atoms with E-state index in [0.717, 1.165) is 17.3 Å². The van der Waals surface area contributed by atoms with Crippen LogP contribution in [-0.4, -0.2) is 58.2 Å². The lowest BCUT2D eigenvalue weighted by Crippen LogP contribution is -2.40. The minimum atomic E-state index is -4.85. The van der Waals surface area contributed by atoms with Gasteiger partial charge in [-0.25, -0.2) is 14.2 Å². The third-order valence-electron chi connectivity index (χ3n) is 5.94. The lowest BCUT2D eigenvalue weighted by atomic mass is 10.0. The van der Waals surface area contributed by atoms with Crippen molar-refractivity contribution in [1.82, 2.24) is 18.4 Å². The molecule has 2 aromatic carbocycles. The summed E-state index contributed by atoms with van der Waals surface area (Å²) in [4.78, 5) is 39.2. The van der Waals surface area contributed by atoms with Crippen LogP contribution in [0.3, 0.4) is 0 Å². The van der Waals surface area contributed by atoms with Crippen LogP contribution in [0.5, 0.6) is 5.75 Å². The molecule has 2 heterocycles. The highest BCUT2D eigenvalue weighted by Crippen LogP contribution is 2.35. The number of carbonyl (C=O) groups is 1. The van der Waals surface area contributed by atoms with Gasteiger partial charge in [-0.15, -0.1) is 0 Å². The zero-order chi connectivity index (χ0) is 28.5. The van der Waals surface area contributed by atoms with Crippen LogP contribution in [0.15, 0.2) is 52.1 Å². The normalized spacial score (nSPS) is 11.8. The van der Waals surface area contributed by atoms with Crippen LogP contribution in [-0.2, 0) is 22.8 Å². The molecule has 13 heteroatoms. The number of hydrogen-bond acceptors (Lipinski definition) is 8. The summed E-state index contributed by atoms with van der Waals surface area (Å²) in [6.07, 6.45) is -4.85. The number of benzene rings is 2. The van der Waals surface area contributed by atoms with E-state index in [1.54, 1.807) is 30.3 Å². The lowest BCUT2D eigenvalue weighted by Gasteiger charge is -2.14. The first-order chi connectivity index (χ1) is 18.4. The van der Waals surface area contributed by atoms with Gasteiger partial charge in [-0.05, 0) is 68.4 Å². The fraction of sp³-hybridized carbons (Fsp3) is 0.308. The number of hydrogen-bond donors (Lipinski definition) is 0. The zero-order valence-corrected chi connectivity index (χ0v) is 22.4. The average Bonchev–Trinajstić information content (AvgIpc) is 3.28. The standard InChI is InChI=1S/C26H25F3N4O5S/c1-15-5-7-17(38-14-23(35)37-10-9-31(2)3)12-18(15)24-19-11-16(6-8-20(19)39-30-24)33-22(34)13-21(26(27,28)29)32(4)25(33)36/h5-8,11-13H,9-10,14H2,1-4H3. The number of fused-ring (bicyclic) bond motifs is 1. The van der Waals surface area contributed by atoms with Crippen molar-refractivity contribution in [2.75, 3.05) is 33.9 Å². The van der Waals surface area contributed by atoms with Gasteiger partial charge >= 0.3 is 17.8 Å². The van der Waals surface area contributed by atoms with Gasteiger partial charge in [-0.1, -0.05) is 6.07 Å². The predicted molar refractivity (Wildman–Crippen MR) is 141 cm³/mol. The maximum absolute atomic E-state index is 13.3. The molecule has 0 spiro atoms. The number of rotatable bonds is 8. The van der Waals surface area contributed by atoms with Crippen molar-refractivity contribution in [3.8, 4) is 22.7 Å². The molecule has 0 atom stereocenters. The number of ether oxygens (including phenoxy) is 2. The molecule has 2 aromatic heterocycles. The fourth-order valence-electron chi connectivity index (χ4n) is 3.87. The van der Waals surface area contributed by atoms with Crippen molar-refractivity contribution >= 4 is 27.6 Å². The van der Waals surface area contributed by atoms with Crippen molar-refractivity contribution in [2.24, 2.45) is 7.05 Å². The second kappa shape index (κ2) is 11.0. The van der Waals surface area contributed by atoms with Crippen LogP contribution in [0.25, 0.3) is 27.0 Å². The molecular weight excluding hydrogens is 537 g/mol. The molecule has 0 aliphatic heterocycles. The van der Waals surface area contributed by atoms with Gasteiger partial charge in [0, 0.05) is 30.6 Å². The molecule has 0 N–H and O–H groups in total. The van der Waals surface area contributed by atoms with E-state index in [2.05, 4.69) is 4.37 Å². The molecule has 0 saturated heterocycles. The van der Waals surface area contributed by atoms with E-state index < -0.39 is 29.1 Å².